The second-order valence-electron chi connectivity index (χ2n) is 6.82. The number of pyridine rings is 1. The van der Waals surface area contributed by atoms with Gasteiger partial charge in [0.25, 0.3) is 0 Å². The molecular formula is C20H22N2O. The van der Waals surface area contributed by atoms with Crippen LogP contribution in [0.25, 0.3) is 0 Å². The molecular weight excluding hydrogens is 284 g/mol. The maximum Gasteiger partial charge on any atom is 0.228 e. The van der Waals surface area contributed by atoms with Crippen molar-refractivity contribution in [2.24, 2.45) is 0 Å². The lowest BCUT2D eigenvalue weighted by Crippen LogP contribution is -2.44. The van der Waals surface area contributed by atoms with Crippen molar-refractivity contribution in [1.82, 2.24) is 9.88 Å². The molecule has 2 aliphatic rings. The molecule has 4 rings (SSSR count). The molecule has 118 valence electrons. The highest BCUT2D eigenvalue weighted by atomic mass is 16.2. The Morgan fingerprint density at radius 3 is 2.61 bits per heavy atom. The van der Waals surface area contributed by atoms with Crippen LogP contribution in [-0.2, 0) is 23.1 Å². The topological polar surface area (TPSA) is 33.2 Å². The summed E-state index contributed by atoms with van der Waals surface area (Å²) >= 11 is 0. The molecule has 0 atom stereocenters. The lowest BCUT2D eigenvalue weighted by molar-refractivity contribution is -0.132. The first kappa shape index (κ1) is 14.4. The van der Waals surface area contributed by atoms with Crippen molar-refractivity contribution in [1.29, 1.82) is 0 Å². The first-order chi connectivity index (χ1) is 11.3. The van der Waals surface area contributed by atoms with E-state index in [1.165, 1.54) is 24.0 Å². The number of rotatable bonds is 2. The first-order valence-corrected chi connectivity index (χ1v) is 8.53. The number of carbonyl (C=O) groups excluding carboxylic acids is 1. The molecule has 3 heteroatoms. The number of hydrogen-bond acceptors (Lipinski definition) is 2. The normalized spacial score (nSPS) is 18.9. The second kappa shape index (κ2) is 5.80. The third-order valence-corrected chi connectivity index (χ3v) is 5.59. The van der Waals surface area contributed by atoms with E-state index in [1.807, 2.05) is 23.1 Å². The molecule has 0 N–H and O–H groups in total. The van der Waals surface area contributed by atoms with Crippen molar-refractivity contribution in [2.45, 2.75) is 37.5 Å². The van der Waals surface area contributed by atoms with Gasteiger partial charge >= 0.3 is 0 Å². The third kappa shape index (κ3) is 2.65. The van der Waals surface area contributed by atoms with Crippen molar-refractivity contribution in [3.05, 3.63) is 65.5 Å². The van der Waals surface area contributed by atoms with Gasteiger partial charge in [-0.25, -0.2) is 0 Å². The predicted octanol–water partition coefficient (Wildman–Crippen LogP) is 3.13. The number of likely N-dealkylation sites (tertiary alicyclic amines) is 1. The Morgan fingerprint density at radius 1 is 1.04 bits per heavy atom. The highest BCUT2D eigenvalue weighted by Crippen LogP contribution is 2.46. The van der Waals surface area contributed by atoms with E-state index in [4.69, 9.17) is 0 Å². The molecule has 1 aliphatic heterocycles. The maximum absolute atomic E-state index is 12.5. The molecule has 0 unspecified atom stereocenters. The number of fused-ring (bicyclic) bond motifs is 2. The van der Waals surface area contributed by atoms with E-state index >= 15 is 0 Å². The molecule has 0 radical (unpaired) electrons. The van der Waals surface area contributed by atoms with Gasteiger partial charge in [-0.1, -0.05) is 30.3 Å². The zero-order valence-electron chi connectivity index (χ0n) is 13.4. The summed E-state index contributed by atoms with van der Waals surface area (Å²) in [5.74, 6) is 0.213. The molecule has 1 aliphatic carbocycles. The van der Waals surface area contributed by atoms with E-state index in [-0.39, 0.29) is 5.91 Å². The smallest absolute Gasteiger partial charge is 0.228 e. The predicted molar refractivity (Wildman–Crippen MR) is 90.2 cm³/mol. The molecule has 0 bridgehead atoms. The molecule has 2 heterocycles. The number of hydrogen-bond donors (Lipinski definition) is 0. The standard InChI is InChI=1S/C20H22N2O/c23-19(15-17-6-3-4-12-21-17)22-13-10-20(11-14-22)9-8-16-5-1-2-7-18(16)20/h1-7,12H,8-11,13-15H2. The van der Waals surface area contributed by atoms with Gasteiger partial charge in [0.2, 0.25) is 5.91 Å². The molecule has 1 spiro atoms. The molecule has 1 aromatic carbocycles. The third-order valence-electron chi connectivity index (χ3n) is 5.59. The fourth-order valence-electron chi connectivity index (χ4n) is 4.24. The van der Waals surface area contributed by atoms with Crippen LogP contribution >= 0.6 is 0 Å². The molecule has 1 saturated heterocycles. The molecule has 1 fully saturated rings. The van der Waals surface area contributed by atoms with E-state index in [9.17, 15) is 4.79 Å². The van der Waals surface area contributed by atoms with Crippen LogP contribution in [0.15, 0.2) is 48.7 Å². The number of amides is 1. The SMILES string of the molecule is O=C(Cc1ccccn1)N1CCC2(CCc3ccccc32)CC1. The van der Waals surface area contributed by atoms with Crippen LogP contribution in [0.4, 0.5) is 0 Å². The molecule has 3 nitrogen and oxygen atoms in total. The number of aryl methyl sites for hydroxylation is 1. The fourth-order valence-corrected chi connectivity index (χ4v) is 4.24. The zero-order valence-corrected chi connectivity index (χ0v) is 13.4. The van der Waals surface area contributed by atoms with Crippen LogP contribution in [0.1, 0.15) is 36.1 Å². The van der Waals surface area contributed by atoms with Gasteiger partial charge in [-0.3, -0.25) is 9.78 Å². The number of piperidine rings is 1. The fraction of sp³-hybridized carbons (Fsp3) is 0.400. The zero-order chi connectivity index (χ0) is 15.7. The summed E-state index contributed by atoms with van der Waals surface area (Å²) in [5.41, 5.74) is 4.24. The van der Waals surface area contributed by atoms with Gasteiger partial charge < -0.3 is 4.90 Å². The van der Waals surface area contributed by atoms with Crippen LogP contribution in [0.2, 0.25) is 0 Å². The number of nitrogens with zero attached hydrogens (tertiary/aromatic N) is 2. The number of aromatic nitrogens is 1. The Balaban J connectivity index is 1.43. The Bertz CT molecular complexity index is 703. The van der Waals surface area contributed by atoms with Crippen LogP contribution < -0.4 is 0 Å². The Kier molecular flexibility index (Phi) is 3.64. The molecule has 23 heavy (non-hydrogen) atoms. The van der Waals surface area contributed by atoms with Crippen molar-refractivity contribution in [2.75, 3.05) is 13.1 Å². The minimum absolute atomic E-state index is 0.213. The summed E-state index contributed by atoms with van der Waals surface area (Å²) in [7, 11) is 0. The van der Waals surface area contributed by atoms with E-state index in [2.05, 4.69) is 29.2 Å². The van der Waals surface area contributed by atoms with Gasteiger partial charge in [-0.05, 0) is 54.4 Å². The Labute approximate surface area is 137 Å². The van der Waals surface area contributed by atoms with E-state index in [0.29, 0.717) is 11.8 Å². The van der Waals surface area contributed by atoms with Gasteiger partial charge in [0.15, 0.2) is 0 Å². The monoisotopic (exact) mass is 306 g/mol. The van der Waals surface area contributed by atoms with Crippen molar-refractivity contribution < 1.29 is 4.79 Å². The Morgan fingerprint density at radius 2 is 1.83 bits per heavy atom. The second-order valence-corrected chi connectivity index (χ2v) is 6.82. The minimum atomic E-state index is 0.213. The summed E-state index contributed by atoms with van der Waals surface area (Å²) in [6.45, 7) is 1.75. The van der Waals surface area contributed by atoms with Crippen LogP contribution in [0.5, 0.6) is 0 Å². The van der Waals surface area contributed by atoms with Gasteiger partial charge in [-0.2, -0.15) is 0 Å². The number of carbonyl (C=O) groups is 1. The summed E-state index contributed by atoms with van der Waals surface area (Å²) in [5, 5.41) is 0. The average Bonchev–Trinajstić information content (AvgIpc) is 2.95. The molecule has 2 aromatic rings. The summed E-state index contributed by atoms with van der Waals surface area (Å²) < 4.78 is 0. The summed E-state index contributed by atoms with van der Waals surface area (Å²) in [6.07, 6.45) is 6.80. The average molecular weight is 306 g/mol. The van der Waals surface area contributed by atoms with Crippen LogP contribution in [-0.4, -0.2) is 28.9 Å². The molecule has 1 amide bonds. The van der Waals surface area contributed by atoms with E-state index < -0.39 is 0 Å². The lowest BCUT2D eigenvalue weighted by atomic mass is 9.74. The minimum Gasteiger partial charge on any atom is -0.342 e. The Hall–Kier alpha value is -2.16. The highest BCUT2D eigenvalue weighted by Gasteiger charge is 2.41. The van der Waals surface area contributed by atoms with E-state index in [0.717, 1.165) is 31.6 Å². The van der Waals surface area contributed by atoms with Gasteiger partial charge in [0.05, 0.1) is 6.42 Å². The molecule has 1 aromatic heterocycles. The summed E-state index contributed by atoms with van der Waals surface area (Å²) in [6, 6.07) is 14.6. The maximum atomic E-state index is 12.5. The molecule has 0 saturated carbocycles. The number of benzene rings is 1. The largest absolute Gasteiger partial charge is 0.342 e. The van der Waals surface area contributed by atoms with Gasteiger partial charge in [0.1, 0.15) is 0 Å². The van der Waals surface area contributed by atoms with Crippen LogP contribution in [0.3, 0.4) is 0 Å². The van der Waals surface area contributed by atoms with E-state index in [1.54, 1.807) is 6.20 Å². The van der Waals surface area contributed by atoms with Gasteiger partial charge in [-0.15, -0.1) is 0 Å². The van der Waals surface area contributed by atoms with Crippen molar-refractivity contribution >= 4 is 5.91 Å². The summed E-state index contributed by atoms with van der Waals surface area (Å²) in [4.78, 5) is 18.8. The quantitative estimate of drug-likeness (QED) is 0.854. The highest BCUT2D eigenvalue weighted by molar-refractivity contribution is 5.78. The lowest BCUT2D eigenvalue weighted by Gasteiger charge is -2.40. The van der Waals surface area contributed by atoms with Crippen LogP contribution in [0, 0.1) is 0 Å². The van der Waals surface area contributed by atoms with Crippen molar-refractivity contribution in [3.8, 4) is 0 Å². The van der Waals surface area contributed by atoms with Crippen molar-refractivity contribution in [3.63, 3.8) is 0 Å². The van der Waals surface area contributed by atoms with Gasteiger partial charge in [0, 0.05) is 25.0 Å². The first-order valence-electron chi connectivity index (χ1n) is 8.53.